The smallest absolute Gasteiger partial charge is 0.255 e. The molecule has 2 atom stereocenters. The topological polar surface area (TPSA) is 65.2 Å². The zero-order valence-corrected chi connectivity index (χ0v) is 24.1. The summed E-state index contributed by atoms with van der Waals surface area (Å²) in [7, 11) is 0. The van der Waals surface area contributed by atoms with E-state index in [0.717, 1.165) is 33.3 Å². The van der Waals surface area contributed by atoms with Gasteiger partial charge in [-0.05, 0) is 66.8 Å². The van der Waals surface area contributed by atoms with Gasteiger partial charge in [0, 0.05) is 32.7 Å². The van der Waals surface area contributed by atoms with Crippen molar-refractivity contribution >= 4 is 40.0 Å². The lowest BCUT2D eigenvalue weighted by atomic mass is 9.91. The zero-order chi connectivity index (χ0) is 28.7. The highest BCUT2D eigenvalue weighted by Gasteiger charge is 2.45. The van der Waals surface area contributed by atoms with Crippen LogP contribution in [0.2, 0.25) is 5.02 Å². The number of rotatable bonds is 7. The lowest BCUT2D eigenvalue weighted by Crippen LogP contribution is -2.47. The molecule has 1 aromatic heterocycles. The number of halogens is 1. The number of fused-ring (bicyclic) bond motifs is 2. The Kier molecular flexibility index (Phi) is 7.14. The maximum atomic E-state index is 14.3. The summed E-state index contributed by atoms with van der Waals surface area (Å²) in [5.41, 5.74) is 7.31. The van der Waals surface area contributed by atoms with Gasteiger partial charge in [0.15, 0.2) is 0 Å². The SMILES string of the molecule is Cc1ccc(-c2[nH]c3ccccc3c2C2c3ccccc3C(=O)N2C(CC(C)C)C(=O)Nc2ccc(Cl)cc2)cc1. The summed E-state index contributed by atoms with van der Waals surface area (Å²) in [4.78, 5) is 33.8. The summed E-state index contributed by atoms with van der Waals surface area (Å²) in [5, 5.41) is 4.68. The van der Waals surface area contributed by atoms with Crippen LogP contribution in [0.1, 0.15) is 53.4 Å². The van der Waals surface area contributed by atoms with Crippen LogP contribution in [-0.2, 0) is 4.79 Å². The van der Waals surface area contributed by atoms with Crippen LogP contribution in [-0.4, -0.2) is 27.7 Å². The lowest BCUT2D eigenvalue weighted by Gasteiger charge is -2.34. The van der Waals surface area contributed by atoms with Crippen molar-refractivity contribution in [1.29, 1.82) is 0 Å². The molecule has 41 heavy (non-hydrogen) atoms. The molecule has 6 heteroatoms. The zero-order valence-electron chi connectivity index (χ0n) is 23.3. The van der Waals surface area contributed by atoms with E-state index in [2.05, 4.69) is 67.5 Å². The number of carbonyl (C=O) groups is 2. The first-order chi connectivity index (χ1) is 19.8. The van der Waals surface area contributed by atoms with Crippen molar-refractivity contribution in [3.8, 4) is 11.3 Å². The van der Waals surface area contributed by atoms with E-state index in [1.54, 1.807) is 24.3 Å². The highest BCUT2D eigenvalue weighted by Crippen LogP contribution is 2.47. The number of H-pyrrole nitrogens is 1. The standard InChI is InChI=1S/C35H32ClN3O2/c1-21(2)20-30(34(40)37-25-18-16-24(36)17-19-25)39-33(26-8-4-5-9-27(26)35(39)41)31-28-10-6-7-11-29(28)38-32(31)23-14-12-22(3)13-15-23/h4-19,21,30,33,38H,20H2,1-3H3,(H,37,40). The Hall–Kier alpha value is -4.35. The van der Waals surface area contributed by atoms with Crippen molar-refractivity contribution < 1.29 is 9.59 Å². The van der Waals surface area contributed by atoms with E-state index in [0.29, 0.717) is 22.7 Å². The third kappa shape index (κ3) is 5.02. The summed E-state index contributed by atoms with van der Waals surface area (Å²) in [6, 6.07) is 30.2. The first kappa shape index (κ1) is 26.9. The molecule has 2 heterocycles. The first-order valence-electron chi connectivity index (χ1n) is 14.0. The maximum Gasteiger partial charge on any atom is 0.255 e. The molecule has 5 nitrogen and oxygen atoms in total. The number of amides is 2. The third-order valence-corrected chi connectivity index (χ3v) is 8.06. The van der Waals surface area contributed by atoms with Gasteiger partial charge in [-0.25, -0.2) is 0 Å². The summed E-state index contributed by atoms with van der Waals surface area (Å²) < 4.78 is 0. The van der Waals surface area contributed by atoms with Gasteiger partial charge in [-0.1, -0.05) is 91.7 Å². The molecule has 0 radical (unpaired) electrons. The molecule has 6 rings (SSSR count). The van der Waals surface area contributed by atoms with Crippen LogP contribution in [0.25, 0.3) is 22.2 Å². The minimum absolute atomic E-state index is 0.136. The Bertz CT molecular complexity index is 1740. The lowest BCUT2D eigenvalue weighted by molar-refractivity contribution is -0.121. The monoisotopic (exact) mass is 561 g/mol. The van der Waals surface area contributed by atoms with Crippen LogP contribution in [0.5, 0.6) is 0 Å². The highest BCUT2D eigenvalue weighted by atomic mass is 35.5. The van der Waals surface area contributed by atoms with E-state index < -0.39 is 12.1 Å². The van der Waals surface area contributed by atoms with Crippen molar-refractivity contribution in [3.05, 3.63) is 124 Å². The Balaban J connectivity index is 1.54. The number of nitrogens with one attached hydrogen (secondary N) is 2. The van der Waals surface area contributed by atoms with Gasteiger partial charge in [-0.15, -0.1) is 0 Å². The molecule has 0 spiro atoms. The summed E-state index contributed by atoms with van der Waals surface area (Å²) in [5.74, 6) is -0.181. The minimum Gasteiger partial charge on any atom is -0.354 e. The van der Waals surface area contributed by atoms with E-state index in [1.807, 2.05) is 41.3 Å². The predicted molar refractivity (Wildman–Crippen MR) is 166 cm³/mol. The molecule has 0 fully saturated rings. The number of para-hydroxylation sites is 1. The maximum absolute atomic E-state index is 14.3. The average Bonchev–Trinajstić information content (AvgIpc) is 3.48. The Morgan fingerprint density at radius 1 is 0.927 bits per heavy atom. The first-order valence-corrected chi connectivity index (χ1v) is 14.3. The molecular formula is C35H32ClN3O2. The molecule has 4 aromatic carbocycles. The quantitative estimate of drug-likeness (QED) is 0.209. The van der Waals surface area contributed by atoms with Gasteiger partial charge in [-0.3, -0.25) is 9.59 Å². The molecule has 0 aliphatic carbocycles. The van der Waals surface area contributed by atoms with Crippen molar-refractivity contribution in [2.24, 2.45) is 5.92 Å². The normalized spacial score (nSPS) is 15.4. The molecule has 2 N–H and O–H groups in total. The van der Waals surface area contributed by atoms with Crippen LogP contribution < -0.4 is 5.32 Å². The fraction of sp³-hybridized carbons (Fsp3) is 0.200. The van der Waals surface area contributed by atoms with E-state index >= 15 is 0 Å². The molecule has 0 saturated heterocycles. The van der Waals surface area contributed by atoms with Crippen molar-refractivity contribution in [2.45, 2.75) is 39.3 Å². The van der Waals surface area contributed by atoms with E-state index in [9.17, 15) is 9.59 Å². The Labute approximate surface area is 245 Å². The predicted octanol–water partition coefficient (Wildman–Crippen LogP) is 8.40. The van der Waals surface area contributed by atoms with Crippen LogP contribution >= 0.6 is 11.6 Å². The van der Waals surface area contributed by atoms with Gasteiger partial charge in [0.25, 0.3) is 5.91 Å². The molecule has 0 bridgehead atoms. The second kappa shape index (κ2) is 10.9. The number of aromatic amines is 1. The molecular weight excluding hydrogens is 530 g/mol. The Morgan fingerprint density at radius 3 is 2.34 bits per heavy atom. The van der Waals surface area contributed by atoms with Crippen LogP contribution in [0.4, 0.5) is 5.69 Å². The number of anilines is 1. The summed E-state index contributed by atoms with van der Waals surface area (Å²) in [6.45, 7) is 6.22. The fourth-order valence-corrected chi connectivity index (χ4v) is 6.03. The van der Waals surface area contributed by atoms with E-state index in [-0.39, 0.29) is 17.7 Å². The van der Waals surface area contributed by atoms with Gasteiger partial charge in [0.2, 0.25) is 5.91 Å². The van der Waals surface area contributed by atoms with E-state index in [4.69, 9.17) is 11.6 Å². The van der Waals surface area contributed by atoms with Crippen LogP contribution in [0.3, 0.4) is 0 Å². The number of hydrogen-bond acceptors (Lipinski definition) is 2. The molecule has 1 aliphatic rings. The number of hydrogen-bond donors (Lipinski definition) is 2. The second-order valence-electron chi connectivity index (χ2n) is 11.2. The molecule has 5 aromatic rings. The molecule has 0 saturated carbocycles. The summed E-state index contributed by atoms with van der Waals surface area (Å²) in [6.07, 6.45) is 0.512. The Morgan fingerprint density at radius 2 is 1.61 bits per heavy atom. The average molecular weight is 562 g/mol. The van der Waals surface area contributed by atoms with Gasteiger partial charge >= 0.3 is 0 Å². The van der Waals surface area contributed by atoms with E-state index in [1.165, 1.54) is 5.56 Å². The molecule has 2 amide bonds. The number of nitrogens with zero attached hydrogens (tertiary/aromatic N) is 1. The highest BCUT2D eigenvalue weighted by molar-refractivity contribution is 6.30. The number of benzene rings is 4. The largest absolute Gasteiger partial charge is 0.354 e. The van der Waals surface area contributed by atoms with Crippen molar-refractivity contribution in [3.63, 3.8) is 0 Å². The molecule has 2 unspecified atom stereocenters. The van der Waals surface area contributed by atoms with Crippen LogP contribution in [0, 0.1) is 12.8 Å². The molecule has 206 valence electrons. The number of aromatic nitrogens is 1. The third-order valence-electron chi connectivity index (χ3n) is 7.80. The fourth-order valence-electron chi connectivity index (χ4n) is 5.90. The summed E-state index contributed by atoms with van der Waals surface area (Å²) >= 11 is 6.08. The van der Waals surface area contributed by atoms with Gasteiger partial charge in [0.1, 0.15) is 6.04 Å². The van der Waals surface area contributed by atoms with Crippen molar-refractivity contribution in [1.82, 2.24) is 9.88 Å². The number of aryl methyl sites for hydroxylation is 1. The van der Waals surface area contributed by atoms with Gasteiger partial charge in [-0.2, -0.15) is 0 Å². The van der Waals surface area contributed by atoms with Gasteiger partial charge < -0.3 is 15.2 Å². The minimum atomic E-state index is -0.699. The van der Waals surface area contributed by atoms with Crippen LogP contribution in [0.15, 0.2) is 97.1 Å². The van der Waals surface area contributed by atoms with Gasteiger partial charge in [0.05, 0.1) is 11.7 Å². The molecule has 1 aliphatic heterocycles. The second-order valence-corrected chi connectivity index (χ2v) is 11.6. The number of carbonyl (C=O) groups excluding carboxylic acids is 2. The van der Waals surface area contributed by atoms with Crippen molar-refractivity contribution in [2.75, 3.05) is 5.32 Å².